The molecule has 3 aromatic rings. The molecule has 2 N–H and O–H groups in total. The van der Waals surface area contributed by atoms with Crippen LogP contribution in [0.5, 0.6) is 5.75 Å². The summed E-state index contributed by atoms with van der Waals surface area (Å²) in [6.45, 7) is 0. The zero-order valence-electron chi connectivity index (χ0n) is 13.8. The molecule has 0 fully saturated rings. The summed E-state index contributed by atoms with van der Waals surface area (Å²) in [5, 5.41) is 6.78. The van der Waals surface area contributed by atoms with Crippen molar-refractivity contribution in [1.29, 1.82) is 0 Å². The monoisotopic (exact) mass is 355 g/mol. The number of hydrogen-bond acceptors (Lipinski definition) is 4. The Morgan fingerprint density at radius 3 is 2.68 bits per heavy atom. The lowest BCUT2D eigenvalue weighted by atomic mass is 10.3. The summed E-state index contributed by atoms with van der Waals surface area (Å²) in [6.07, 6.45) is 2.05. The first-order valence-electron chi connectivity index (χ1n) is 7.84. The molecule has 3 rings (SSSR count). The zero-order chi connectivity index (χ0) is 17.5. The second-order valence-corrected chi connectivity index (χ2v) is 6.28. The van der Waals surface area contributed by atoms with E-state index in [2.05, 4.69) is 15.4 Å². The molecule has 0 saturated carbocycles. The van der Waals surface area contributed by atoms with Crippen LogP contribution in [0.1, 0.15) is 6.42 Å². The fraction of sp³-hybridized carbons (Fsp3) is 0.167. The van der Waals surface area contributed by atoms with Crippen molar-refractivity contribution in [3.8, 4) is 11.4 Å². The Kier molecular flexibility index (Phi) is 5.69. The summed E-state index contributed by atoms with van der Waals surface area (Å²) >= 11 is 1.53. The van der Waals surface area contributed by atoms with Crippen molar-refractivity contribution >= 4 is 23.4 Å². The molecule has 0 spiro atoms. The number of carbonyl (C=O) groups excluding carboxylic acids is 1. The Hall–Kier alpha value is -2.80. The van der Waals surface area contributed by atoms with Gasteiger partial charge in [0.2, 0.25) is 12.2 Å². The zero-order valence-corrected chi connectivity index (χ0v) is 14.6. The molecule has 128 valence electrons. The van der Waals surface area contributed by atoms with Crippen molar-refractivity contribution in [1.82, 2.24) is 10.1 Å². The smallest absolute Gasteiger partial charge is 0.385 e. The number of nitrogens with one attached hydrogen (secondary N) is 2. The third-order valence-corrected chi connectivity index (χ3v) is 4.46. The predicted octanol–water partition coefficient (Wildman–Crippen LogP) is 2.82. The Labute approximate surface area is 150 Å². The maximum absolute atomic E-state index is 12.1. The van der Waals surface area contributed by atoms with E-state index in [9.17, 15) is 4.79 Å². The molecule has 0 atom stereocenters. The molecule has 0 aliphatic heterocycles. The fourth-order valence-electron chi connectivity index (χ4n) is 2.25. The number of hydrogen-bond donors (Lipinski definition) is 2. The molecule has 0 unspecified atom stereocenters. The van der Waals surface area contributed by atoms with Crippen LogP contribution < -0.4 is 14.7 Å². The first-order chi connectivity index (χ1) is 12.3. The van der Waals surface area contributed by atoms with Crippen molar-refractivity contribution in [3.63, 3.8) is 0 Å². The van der Waals surface area contributed by atoms with Crippen LogP contribution in [0.15, 0.2) is 66.1 Å². The lowest BCUT2D eigenvalue weighted by Crippen LogP contribution is -2.34. The van der Waals surface area contributed by atoms with Gasteiger partial charge in [-0.15, -0.1) is 4.68 Å². The second-order valence-electron chi connectivity index (χ2n) is 5.22. The first-order valence-corrected chi connectivity index (χ1v) is 8.82. The molecule has 7 heteroatoms. The summed E-state index contributed by atoms with van der Waals surface area (Å²) in [5.74, 6) is 1.37. The maximum atomic E-state index is 12.1. The topological polar surface area (TPSA) is 70.9 Å². The van der Waals surface area contributed by atoms with E-state index in [-0.39, 0.29) is 5.91 Å². The number of carbonyl (C=O) groups is 1. The molecule has 2 aromatic carbocycles. The first kappa shape index (κ1) is 17.0. The number of aromatic amines is 1. The van der Waals surface area contributed by atoms with Gasteiger partial charge in [-0.1, -0.05) is 18.2 Å². The number of thioether (sulfide) groups is 1. The summed E-state index contributed by atoms with van der Waals surface area (Å²) in [5.41, 5.74) is 1.76. The Morgan fingerprint density at radius 2 is 1.96 bits per heavy atom. The minimum Gasteiger partial charge on any atom is -0.497 e. The predicted molar refractivity (Wildman–Crippen MR) is 97.1 cm³/mol. The maximum Gasteiger partial charge on any atom is 0.385 e. The normalized spacial score (nSPS) is 10.4. The number of para-hydroxylation sites is 1. The van der Waals surface area contributed by atoms with Crippen LogP contribution in [0.3, 0.4) is 0 Å². The molecule has 0 bridgehead atoms. The summed E-state index contributed by atoms with van der Waals surface area (Å²) in [6, 6.07) is 17.2. The summed E-state index contributed by atoms with van der Waals surface area (Å²) < 4.78 is 6.99. The van der Waals surface area contributed by atoms with Gasteiger partial charge in [0.05, 0.1) is 7.11 Å². The van der Waals surface area contributed by atoms with Gasteiger partial charge in [-0.25, -0.2) is 0 Å². The van der Waals surface area contributed by atoms with Crippen molar-refractivity contribution in [2.45, 2.75) is 11.6 Å². The molecule has 6 nitrogen and oxygen atoms in total. The van der Waals surface area contributed by atoms with Gasteiger partial charge < -0.3 is 10.1 Å². The van der Waals surface area contributed by atoms with Crippen LogP contribution >= 0.6 is 11.8 Å². The van der Waals surface area contributed by atoms with Crippen molar-refractivity contribution in [3.05, 3.63) is 60.9 Å². The number of H-pyrrole nitrogens is 1. The number of aromatic nitrogens is 3. The Bertz CT molecular complexity index is 819. The lowest BCUT2D eigenvalue weighted by Gasteiger charge is -2.05. The van der Waals surface area contributed by atoms with Gasteiger partial charge >= 0.3 is 5.16 Å². The summed E-state index contributed by atoms with van der Waals surface area (Å²) in [4.78, 5) is 16.4. The second kappa shape index (κ2) is 8.34. The van der Waals surface area contributed by atoms with Crippen molar-refractivity contribution < 1.29 is 14.2 Å². The van der Waals surface area contributed by atoms with Gasteiger partial charge in [0.25, 0.3) is 0 Å². The number of anilines is 1. The molecule has 0 aliphatic rings. The van der Waals surface area contributed by atoms with E-state index >= 15 is 0 Å². The number of methoxy groups -OCH3 is 1. The van der Waals surface area contributed by atoms with Crippen molar-refractivity contribution in [2.75, 3.05) is 18.2 Å². The highest BCUT2D eigenvalue weighted by Gasteiger charge is 2.17. The van der Waals surface area contributed by atoms with Crippen molar-refractivity contribution in [2.24, 2.45) is 0 Å². The largest absolute Gasteiger partial charge is 0.497 e. The minimum absolute atomic E-state index is 0.0283. The quantitative estimate of drug-likeness (QED) is 0.505. The molecule has 25 heavy (non-hydrogen) atoms. The number of amides is 1. The van der Waals surface area contributed by atoms with Crippen LogP contribution in [0, 0.1) is 0 Å². The molecule has 0 aliphatic carbocycles. The lowest BCUT2D eigenvalue weighted by molar-refractivity contribution is -0.694. The standard InChI is InChI=1S/C18H18N4O2S/c1-24-16-9-7-14(8-10-16)21-17(23)11-12-25-18-19-13-20-22(18)15-5-3-2-4-6-15/h2-10,13H,11-12H2,1H3,(H,21,23)/p+1. The van der Waals surface area contributed by atoms with Crippen LogP contribution in [-0.2, 0) is 4.79 Å². The molecular weight excluding hydrogens is 336 g/mol. The van der Waals surface area contributed by atoms with E-state index in [1.165, 1.54) is 11.8 Å². The molecule has 1 aromatic heterocycles. The molecule has 0 saturated heterocycles. The van der Waals surface area contributed by atoms with Crippen LogP contribution in [0.25, 0.3) is 5.69 Å². The van der Waals surface area contributed by atoms with Crippen LogP contribution in [0.2, 0.25) is 0 Å². The van der Waals surface area contributed by atoms with Gasteiger partial charge in [0, 0.05) is 17.9 Å². The Balaban J connectivity index is 1.51. The minimum atomic E-state index is -0.0283. The van der Waals surface area contributed by atoms with E-state index in [0.29, 0.717) is 12.2 Å². The van der Waals surface area contributed by atoms with Gasteiger partial charge in [-0.05, 0) is 53.1 Å². The van der Waals surface area contributed by atoms with E-state index < -0.39 is 0 Å². The molecule has 1 heterocycles. The third-order valence-electron chi connectivity index (χ3n) is 3.50. The van der Waals surface area contributed by atoms with E-state index in [4.69, 9.17) is 4.74 Å². The van der Waals surface area contributed by atoms with Gasteiger partial charge in [0.15, 0.2) is 5.69 Å². The third kappa shape index (κ3) is 4.60. The van der Waals surface area contributed by atoms with E-state index in [0.717, 1.165) is 22.3 Å². The SMILES string of the molecule is COc1ccc(NC(=O)CCSc2nc[nH][n+]2-c2ccccc2)cc1. The number of ether oxygens (including phenoxy) is 1. The van der Waals surface area contributed by atoms with Gasteiger partial charge in [-0.3, -0.25) is 4.79 Å². The molecule has 0 radical (unpaired) electrons. The number of rotatable bonds is 7. The van der Waals surface area contributed by atoms with Crippen LogP contribution in [-0.4, -0.2) is 28.9 Å². The highest BCUT2D eigenvalue weighted by atomic mass is 32.2. The summed E-state index contributed by atoms with van der Waals surface area (Å²) in [7, 11) is 1.61. The number of benzene rings is 2. The average molecular weight is 355 g/mol. The van der Waals surface area contributed by atoms with Crippen LogP contribution in [0.4, 0.5) is 5.69 Å². The Morgan fingerprint density at radius 1 is 1.20 bits per heavy atom. The molecule has 1 amide bonds. The highest BCUT2D eigenvalue weighted by molar-refractivity contribution is 7.99. The highest BCUT2D eigenvalue weighted by Crippen LogP contribution is 2.16. The average Bonchev–Trinajstić information content (AvgIpc) is 3.11. The van der Waals surface area contributed by atoms with E-state index in [1.807, 2.05) is 59.3 Å². The molecular formula is C18H19N4O2S+. The van der Waals surface area contributed by atoms with E-state index in [1.54, 1.807) is 13.4 Å². The fourth-order valence-corrected chi connectivity index (χ4v) is 3.14. The number of nitrogens with zero attached hydrogens (tertiary/aromatic N) is 2. The van der Waals surface area contributed by atoms with Gasteiger partial charge in [-0.2, -0.15) is 5.10 Å². The van der Waals surface area contributed by atoms with Gasteiger partial charge in [0.1, 0.15) is 5.75 Å².